The number of imide groups is 1. The predicted octanol–water partition coefficient (Wildman–Crippen LogP) is 1.72. The molecule has 0 fully saturated rings. The van der Waals surface area contributed by atoms with Crippen molar-refractivity contribution in [1.29, 1.82) is 5.41 Å². The Morgan fingerprint density at radius 2 is 1.36 bits per heavy atom. The van der Waals surface area contributed by atoms with Gasteiger partial charge in [-0.15, -0.1) is 0 Å². The molecule has 0 spiro atoms. The number of rotatable bonds is 18. The third kappa shape index (κ3) is 12.5. The summed E-state index contributed by atoms with van der Waals surface area (Å²) < 4.78 is 0. The molecule has 0 radical (unpaired) electrons. The minimum atomic E-state index is -1.61. The number of amides is 5. The number of carboxylic acids is 1. The monoisotopic (exact) mass is 685 g/mol. The van der Waals surface area contributed by atoms with Crippen LogP contribution in [0.25, 0.3) is 0 Å². The van der Waals surface area contributed by atoms with Gasteiger partial charge in [0.15, 0.2) is 5.96 Å². The highest BCUT2D eigenvalue weighted by atomic mass is 16.4. The van der Waals surface area contributed by atoms with E-state index in [2.05, 4.69) is 21.3 Å². The number of carboxylic acid groups (broad SMARTS) is 1. The molecule has 8 N–H and O–H groups in total. The molecule has 5 amide bonds. The van der Waals surface area contributed by atoms with Crippen molar-refractivity contribution in [3.05, 3.63) is 108 Å². The number of guanidine groups is 1. The van der Waals surface area contributed by atoms with Crippen LogP contribution in [0, 0.1) is 5.41 Å². The second kappa shape index (κ2) is 19.7. The number of aliphatic carboxylic acids is 1. The minimum Gasteiger partial charge on any atom is -0.481 e. The SMILES string of the molecule is CN(C(=O)CCC(c1ccccc1)c1ccccc1)[C@@H](CCCNC(=N)N)C(=O)NCC(=O)N[C@@H](CC(=O)O)C(=O)NC(=O)c1ccccc1. The first-order valence-corrected chi connectivity index (χ1v) is 16.1. The van der Waals surface area contributed by atoms with Crippen molar-refractivity contribution in [3.8, 4) is 0 Å². The summed E-state index contributed by atoms with van der Waals surface area (Å²) in [5, 5.41) is 26.1. The summed E-state index contributed by atoms with van der Waals surface area (Å²) in [6, 6.07) is 24.7. The van der Waals surface area contributed by atoms with Gasteiger partial charge in [-0.05, 0) is 42.5 Å². The van der Waals surface area contributed by atoms with Crippen LogP contribution in [-0.2, 0) is 24.0 Å². The maximum atomic E-state index is 13.5. The zero-order valence-corrected chi connectivity index (χ0v) is 27.8. The van der Waals surface area contributed by atoms with Crippen LogP contribution in [0.4, 0.5) is 0 Å². The largest absolute Gasteiger partial charge is 0.481 e. The second-order valence-corrected chi connectivity index (χ2v) is 11.5. The number of nitrogens with zero attached hydrogens (tertiary/aromatic N) is 1. The highest BCUT2D eigenvalue weighted by Crippen LogP contribution is 2.29. The van der Waals surface area contributed by atoms with E-state index in [4.69, 9.17) is 11.1 Å². The summed E-state index contributed by atoms with van der Waals surface area (Å²) in [5.41, 5.74) is 7.62. The van der Waals surface area contributed by atoms with Gasteiger partial charge in [0.05, 0.1) is 13.0 Å². The van der Waals surface area contributed by atoms with Crippen LogP contribution >= 0.6 is 0 Å². The minimum absolute atomic E-state index is 0.0653. The van der Waals surface area contributed by atoms with Crippen molar-refractivity contribution in [2.45, 2.75) is 50.1 Å². The molecule has 0 aromatic heterocycles. The molecule has 3 rings (SSSR count). The Hall–Kier alpha value is -6.05. The van der Waals surface area contributed by atoms with E-state index in [-0.39, 0.29) is 42.7 Å². The van der Waals surface area contributed by atoms with Gasteiger partial charge in [-0.2, -0.15) is 0 Å². The van der Waals surface area contributed by atoms with E-state index in [0.717, 1.165) is 11.1 Å². The summed E-state index contributed by atoms with van der Waals surface area (Å²) in [7, 11) is 1.50. The van der Waals surface area contributed by atoms with Crippen LogP contribution in [-0.4, -0.2) is 83.7 Å². The quantitative estimate of drug-likeness (QED) is 0.0587. The summed E-state index contributed by atoms with van der Waals surface area (Å²) >= 11 is 0. The lowest BCUT2D eigenvalue weighted by Gasteiger charge is -2.28. The molecule has 0 aliphatic heterocycles. The molecule has 3 aromatic rings. The third-order valence-corrected chi connectivity index (χ3v) is 7.91. The highest BCUT2D eigenvalue weighted by Gasteiger charge is 2.29. The van der Waals surface area contributed by atoms with Crippen LogP contribution < -0.4 is 27.0 Å². The maximum Gasteiger partial charge on any atom is 0.305 e. The molecule has 0 heterocycles. The molecule has 264 valence electrons. The number of carbonyl (C=O) groups is 6. The van der Waals surface area contributed by atoms with Crippen molar-refractivity contribution in [2.24, 2.45) is 5.73 Å². The number of nitrogens with one attached hydrogen (secondary N) is 5. The molecule has 3 aromatic carbocycles. The highest BCUT2D eigenvalue weighted by molar-refractivity contribution is 6.07. The molecule has 50 heavy (non-hydrogen) atoms. The van der Waals surface area contributed by atoms with Gasteiger partial charge in [0.1, 0.15) is 12.1 Å². The number of benzene rings is 3. The topological polar surface area (TPSA) is 224 Å². The fourth-order valence-electron chi connectivity index (χ4n) is 5.31. The zero-order chi connectivity index (χ0) is 36.5. The van der Waals surface area contributed by atoms with Crippen LogP contribution in [0.1, 0.15) is 59.5 Å². The van der Waals surface area contributed by atoms with Gasteiger partial charge in [0, 0.05) is 31.5 Å². The van der Waals surface area contributed by atoms with E-state index < -0.39 is 54.6 Å². The van der Waals surface area contributed by atoms with Gasteiger partial charge in [-0.3, -0.25) is 39.5 Å². The molecule has 14 heteroatoms. The van der Waals surface area contributed by atoms with E-state index in [1.807, 2.05) is 60.7 Å². The average molecular weight is 686 g/mol. The standard InChI is InChI=1S/C36H43N7O7/c1-43(31(45)20-19-27(24-12-5-2-6-13-24)25-14-7-3-8-15-25)29(18-11-21-39-36(37)38)35(50)40-23-30(44)41-28(22-32(46)47)34(49)42-33(48)26-16-9-4-10-17-26/h2-10,12-17,27-29H,11,18-23H2,1H3,(H,40,50)(H,41,44)(H,46,47)(H4,37,38,39)(H,42,48,49)/t28-,29-/m0/s1. The molecular weight excluding hydrogens is 642 g/mol. The number of hydrogen-bond acceptors (Lipinski definition) is 7. The second-order valence-electron chi connectivity index (χ2n) is 11.5. The van der Waals surface area contributed by atoms with Gasteiger partial charge < -0.3 is 31.7 Å². The maximum absolute atomic E-state index is 13.5. The zero-order valence-electron chi connectivity index (χ0n) is 27.8. The molecule has 2 atom stereocenters. The van der Waals surface area contributed by atoms with Gasteiger partial charge >= 0.3 is 5.97 Å². The predicted molar refractivity (Wildman–Crippen MR) is 186 cm³/mol. The van der Waals surface area contributed by atoms with E-state index in [1.54, 1.807) is 18.2 Å². The Labute approximate surface area is 290 Å². The van der Waals surface area contributed by atoms with Gasteiger partial charge in [-0.1, -0.05) is 78.9 Å². The van der Waals surface area contributed by atoms with Crippen LogP contribution in [0.5, 0.6) is 0 Å². The van der Waals surface area contributed by atoms with Crippen molar-refractivity contribution in [1.82, 2.24) is 26.2 Å². The molecule has 0 bridgehead atoms. The normalized spacial score (nSPS) is 11.8. The Bertz CT molecular complexity index is 1580. The molecule has 0 aliphatic carbocycles. The number of hydrogen-bond donors (Lipinski definition) is 7. The molecule has 0 saturated heterocycles. The lowest BCUT2D eigenvalue weighted by molar-refractivity contribution is -0.141. The van der Waals surface area contributed by atoms with Crippen LogP contribution in [0.3, 0.4) is 0 Å². The number of likely N-dealkylation sites (N-methyl/N-ethyl adjacent to an activating group) is 1. The van der Waals surface area contributed by atoms with E-state index in [0.29, 0.717) is 12.8 Å². The van der Waals surface area contributed by atoms with Crippen molar-refractivity contribution >= 4 is 41.5 Å². The summed E-state index contributed by atoms with van der Waals surface area (Å²) in [5.74, 6) is -5.36. The summed E-state index contributed by atoms with van der Waals surface area (Å²) in [6.07, 6.45) is 0.300. The summed E-state index contributed by atoms with van der Waals surface area (Å²) in [6.45, 7) is -0.372. The molecule has 14 nitrogen and oxygen atoms in total. The molecule has 0 unspecified atom stereocenters. The molecule has 0 aliphatic rings. The first-order valence-electron chi connectivity index (χ1n) is 16.1. The van der Waals surface area contributed by atoms with Gasteiger partial charge in [0.25, 0.3) is 5.91 Å². The fourth-order valence-corrected chi connectivity index (χ4v) is 5.31. The fraction of sp³-hybridized carbons (Fsp3) is 0.306. The lowest BCUT2D eigenvalue weighted by atomic mass is 9.87. The van der Waals surface area contributed by atoms with E-state index >= 15 is 0 Å². The van der Waals surface area contributed by atoms with E-state index in [1.165, 1.54) is 24.1 Å². The van der Waals surface area contributed by atoms with E-state index in [9.17, 15) is 33.9 Å². The third-order valence-electron chi connectivity index (χ3n) is 7.91. The number of carbonyl (C=O) groups excluding carboxylic acids is 5. The Morgan fingerprint density at radius 3 is 1.90 bits per heavy atom. The number of nitrogens with two attached hydrogens (primary N) is 1. The van der Waals surface area contributed by atoms with Crippen molar-refractivity contribution < 1.29 is 33.9 Å². The van der Waals surface area contributed by atoms with Gasteiger partial charge in [-0.25, -0.2) is 0 Å². The van der Waals surface area contributed by atoms with Crippen molar-refractivity contribution in [2.75, 3.05) is 20.1 Å². The Morgan fingerprint density at radius 1 is 0.800 bits per heavy atom. The lowest BCUT2D eigenvalue weighted by Crippen LogP contribution is -2.53. The van der Waals surface area contributed by atoms with Crippen LogP contribution in [0.2, 0.25) is 0 Å². The Kier molecular flexibility index (Phi) is 15.1. The first kappa shape index (κ1) is 38.4. The molecular formula is C36H43N7O7. The first-order chi connectivity index (χ1) is 24.0. The Balaban J connectivity index is 1.66. The molecule has 0 saturated carbocycles. The summed E-state index contributed by atoms with van der Waals surface area (Å²) in [4.78, 5) is 77.6. The van der Waals surface area contributed by atoms with Crippen LogP contribution in [0.15, 0.2) is 91.0 Å². The van der Waals surface area contributed by atoms with Gasteiger partial charge in [0.2, 0.25) is 23.6 Å². The van der Waals surface area contributed by atoms with Crippen molar-refractivity contribution in [3.63, 3.8) is 0 Å². The average Bonchev–Trinajstić information content (AvgIpc) is 3.11. The smallest absolute Gasteiger partial charge is 0.305 e.